The van der Waals surface area contributed by atoms with Gasteiger partial charge in [-0.3, -0.25) is 29.2 Å². The average molecular weight is 697 g/mol. The third-order valence-electron chi connectivity index (χ3n) is 7.40. The number of fused-ring (bicyclic) bond motifs is 1. The summed E-state index contributed by atoms with van der Waals surface area (Å²) in [6.45, 7) is 17.7. The Bertz CT molecular complexity index is 1580. The summed E-state index contributed by atoms with van der Waals surface area (Å²) in [6.07, 6.45) is 4.71. The van der Waals surface area contributed by atoms with Crippen LogP contribution in [0.1, 0.15) is 106 Å². The molecule has 4 atom stereocenters. The van der Waals surface area contributed by atoms with E-state index >= 15 is 0 Å². The standard InChI is InChI=1S/C36H52N6O8/c1-21(2)30(40-34(47)50-36(8,9)10)31(44)38-22(3)32(45)42-18-12-14-26(41-42)33(46)48-23(4)28-20-37-25-17-16-24(19-27(25)39-28)13-11-15-29(43)49-35(5,6)7/h11,13,16-17,19-23,26,30,41H,12,14-15,18H2,1-10H3,(H,38,44)(H,40,47). The van der Waals surface area contributed by atoms with Crippen LogP contribution in [-0.2, 0) is 33.4 Å². The van der Waals surface area contributed by atoms with Gasteiger partial charge in [0.2, 0.25) is 5.91 Å². The van der Waals surface area contributed by atoms with Crippen molar-refractivity contribution in [3.05, 3.63) is 41.7 Å². The molecule has 3 amide bonds. The molecular weight excluding hydrogens is 644 g/mol. The maximum absolute atomic E-state index is 13.3. The number of rotatable bonds is 11. The molecule has 0 saturated carbocycles. The fourth-order valence-corrected chi connectivity index (χ4v) is 5.02. The molecule has 1 aliphatic heterocycles. The summed E-state index contributed by atoms with van der Waals surface area (Å²) in [5.74, 6) is -2.14. The van der Waals surface area contributed by atoms with Crippen LogP contribution in [0.2, 0.25) is 0 Å². The average Bonchev–Trinajstić information content (AvgIpc) is 3.01. The van der Waals surface area contributed by atoms with Crippen LogP contribution in [0.25, 0.3) is 17.1 Å². The Morgan fingerprint density at radius 2 is 1.66 bits per heavy atom. The second-order valence-corrected chi connectivity index (χ2v) is 14.7. The fourth-order valence-electron chi connectivity index (χ4n) is 5.02. The van der Waals surface area contributed by atoms with E-state index in [1.807, 2.05) is 39.0 Å². The van der Waals surface area contributed by atoms with Crippen molar-refractivity contribution in [3.8, 4) is 0 Å². The van der Waals surface area contributed by atoms with Gasteiger partial charge < -0.3 is 24.8 Å². The molecule has 0 radical (unpaired) electrons. The molecule has 2 aromatic rings. The topological polar surface area (TPSA) is 178 Å². The number of hydrazine groups is 1. The van der Waals surface area contributed by atoms with Crippen molar-refractivity contribution in [2.45, 2.75) is 124 Å². The molecule has 0 spiro atoms. The van der Waals surface area contributed by atoms with Crippen molar-refractivity contribution in [1.29, 1.82) is 0 Å². The molecule has 14 heteroatoms. The summed E-state index contributed by atoms with van der Waals surface area (Å²) >= 11 is 0. The van der Waals surface area contributed by atoms with Gasteiger partial charge >= 0.3 is 18.0 Å². The number of aromatic nitrogens is 2. The fraction of sp³-hybridized carbons (Fsp3) is 0.583. The Hall–Kier alpha value is -4.59. The molecular formula is C36H52N6O8. The Kier molecular flexibility index (Phi) is 13.5. The predicted molar refractivity (Wildman–Crippen MR) is 187 cm³/mol. The summed E-state index contributed by atoms with van der Waals surface area (Å²) < 4.78 is 16.4. The molecule has 1 aromatic carbocycles. The third-order valence-corrected chi connectivity index (χ3v) is 7.40. The monoisotopic (exact) mass is 696 g/mol. The Balaban J connectivity index is 1.59. The summed E-state index contributed by atoms with van der Waals surface area (Å²) in [6, 6.07) is 2.83. The molecule has 2 heterocycles. The Labute approximate surface area is 294 Å². The van der Waals surface area contributed by atoms with E-state index in [1.165, 1.54) is 11.9 Å². The van der Waals surface area contributed by atoms with Crippen molar-refractivity contribution in [2.75, 3.05) is 6.54 Å². The zero-order valence-corrected chi connectivity index (χ0v) is 30.8. The van der Waals surface area contributed by atoms with Crippen LogP contribution in [0.3, 0.4) is 0 Å². The van der Waals surface area contributed by atoms with Gasteiger partial charge in [0.1, 0.15) is 35.4 Å². The quantitative estimate of drug-likeness (QED) is 0.222. The first-order valence-electron chi connectivity index (χ1n) is 17.0. The van der Waals surface area contributed by atoms with E-state index in [1.54, 1.807) is 59.9 Å². The van der Waals surface area contributed by atoms with E-state index in [0.29, 0.717) is 36.1 Å². The number of benzene rings is 1. The van der Waals surface area contributed by atoms with Gasteiger partial charge in [-0.05, 0) is 91.8 Å². The molecule has 1 aliphatic rings. The molecule has 3 rings (SSSR count). The van der Waals surface area contributed by atoms with Crippen molar-refractivity contribution in [2.24, 2.45) is 5.92 Å². The van der Waals surface area contributed by atoms with Crippen LogP contribution >= 0.6 is 0 Å². The number of carbonyl (C=O) groups is 5. The van der Waals surface area contributed by atoms with Crippen LogP contribution in [0.5, 0.6) is 0 Å². The molecule has 4 unspecified atom stereocenters. The van der Waals surface area contributed by atoms with Crippen LogP contribution in [-0.4, -0.2) is 80.7 Å². The lowest BCUT2D eigenvalue weighted by atomic mass is 10.0. The minimum absolute atomic E-state index is 0.131. The predicted octanol–water partition coefficient (Wildman–Crippen LogP) is 4.53. The molecule has 1 fully saturated rings. The first-order valence-corrected chi connectivity index (χ1v) is 17.0. The summed E-state index contributed by atoms with van der Waals surface area (Å²) in [5.41, 5.74) is 4.16. The van der Waals surface area contributed by atoms with E-state index in [2.05, 4.69) is 26.0 Å². The highest BCUT2D eigenvalue weighted by atomic mass is 16.6. The van der Waals surface area contributed by atoms with E-state index in [9.17, 15) is 24.0 Å². The summed E-state index contributed by atoms with van der Waals surface area (Å²) in [7, 11) is 0. The summed E-state index contributed by atoms with van der Waals surface area (Å²) in [5, 5.41) is 6.56. The Morgan fingerprint density at radius 1 is 0.980 bits per heavy atom. The second-order valence-electron chi connectivity index (χ2n) is 14.7. The number of ether oxygens (including phenoxy) is 3. The highest BCUT2D eigenvalue weighted by Crippen LogP contribution is 2.21. The maximum Gasteiger partial charge on any atom is 0.408 e. The largest absolute Gasteiger partial charge is 0.460 e. The van der Waals surface area contributed by atoms with Crippen LogP contribution in [0.4, 0.5) is 4.79 Å². The number of amides is 3. The molecule has 14 nitrogen and oxygen atoms in total. The van der Waals surface area contributed by atoms with Crippen LogP contribution in [0.15, 0.2) is 30.5 Å². The first-order chi connectivity index (χ1) is 23.2. The van der Waals surface area contributed by atoms with E-state index in [4.69, 9.17) is 14.2 Å². The van der Waals surface area contributed by atoms with Crippen LogP contribution < -0.4 is 16.1 Å². The van der Waals surface area contributed by atoms with Gasteiger partial charge in [0, 0.05) is 6.54 Å². The number of hydrogen-bond acceptors (Lipinski definition) is 11. The maximum atomic E-state index is 13.3. The third kappa shape index (κ3) is 12.4. The lowest BCUT2D eigenvalue weighted by molar-refractivity contribution is -0.157. The van der Waals surface area contributed by atoms with Crippen molar-refractivity contribution >= 4 is 47.0 Å². The number of nitrogens with one attached hydrogen (secondary N) is 3. The first kappa shape index (κ1) is 39.8. The number of carbonyl (C=O) groups excluding carboxylic acids is 5. The van der Waals surface area contributed by atoms with Gasteiger partial charge in [0.25, 0.3) is 5.91 Å². The SMILES string of the molecule is CC(NC(=O)C(NC(=O)OC(C)(C)C)C(C)C)C(=O)N1CCCC(C(=O)OC(C)c2cnc3ccc(C=CCC(=O)OC(C)(C)C)cc3n2)N1. The minimum Gasteiger partial charge on any atom is -0.460 e. The van der Waals surface area contributed by atoms with E-state index in [-0.39, 0.29) is 18.3 Å². The van der Waals surface area contributed by atoms with Gasteiger partial charge in [-0.1, -0.05) is 32.1 Å². The summed E-state index contributed by atoms with van der Waals surface area (Å²) in [4.78, 5) is 73.0. The molecule has 0 aliphatic carbocycles. The Morgan fingerprint density at radius 3 is 2.30 bits per heavy atom. The molecule has 274 valence electrons. The normalized spacial score (nSPS) is 17.2. The smallest absolute Gasteiger partial charge is 0.408 e. The van der Waals surface area contributed by atoms with Crippen LogP contribution in [0, 0.1) is 5.92 Å². The molecule has 0 bridgehead atoms. The van der Waals surface area contributed by atoms with Gasteiger partial charge in [-0.2, -0.15) is 0 Å². The van der Waals surface area contributed by atoms with Crippen molar-refractivity contribution in [3.63, 3.8) is 0 Å². The van der Waals surface area contributed by atoms with Gasteiger partial charge in [-0.25, -0.2) is 15.2 Å². The number of nitrogens with zero attached hydrogens (tertiary/aromatic N) is 3. The van der Waals surface area contributed by atoms with Crippen molar-refractivity contribution < 1.29 is 38.2 Å². The van der Waals surface area contributed by atoms with Gasteiger partial charge in [-0.15, -0.1) is 0 Å². The second kappa shape index (κ2) is 16.9. The van der Waals surface area contributed by atoms with Crippen molar-refractivity contribution in [1.82, 2.24) is 31.0 Å². The molecule has 3 N–H and O–H groups in total. The molecule has 50 heavy (non-hydrogen) atoms. The highest BCUT2D eigenvalue weighted by Gasteiger charge is 2.34. The zero-order valence-electron chi connectivity index (χ0n) is 30.8. The van der Waals surface area contributed by atoms with E-state index < -0.39 is 59.3 Å². The lowest BCUT2D eigenvalue weighted by Crippen LogP contribution is -2.61. The molecule has 1 aromatic heterocycles. The number of esters is 2. The molecule has 1 saturated heterocycles. The number of alkyl carbamates (subject to hydrolysis) is 1. The lowest BCUT2D eigenvalue weighted by Gasteiger charge is -2.35. The number of hydrogen-bond donors (Lipinski definition) is 3. The highest BCUT2D eigenvalue weighted by molar-refractivity contribution is 5.91. The zero-order chi connectivity index (χ0) is 37.4. The van der Waals surface area contributed by atoms with E-state index in [0.717, 1.165) is 5.56 Å². The van der Waals surface area contributed by atoms with Gasteiger partial charge in [0.05, 0.1) is 29.3 Å². The van der Waals surface area contributed by atoms with Gasteiger partial charge in [0.15, 0.2) is 0 Å². The minimum atomic E-state index is -0.949.